The predicted molar refractivity (Wildman–Crippen MR) is 232 cm³/mol. The maximum atomic E-state index is 6.38. The highest BCUT2D eigenvalue weighted by atomic mass is 32.2. The highest BCUT2D eigenvalue weighted by molar-refractivity contribution is 7.99. The summed E-state index contributed by atoms with van der Waals surface area (Å²) < 4.78 is 6.38. The summed E-state index contributed by atoms with van der Waals surface area (Å²) in [4.78, 5) is 12.9. The Morgan fingerprint density at radius 1 is 0.379 bits per heavy atom. The zero-order valence-corrected chi connectivity index (χ0v) is 31.8. The number of fused-ring (bicyclic) bond motifs is 22. The normalized spacial score (nSPS) is 16.8. The predicted octanol–water partition coefficient (Wildman–Crippen LogP) is 13.2. The molecule has 4 aliphatic rings. The van der Waals surface area contributed by atoms with E-state index in [4.69, 9.17) is 14.4 Å². The Balaban J connectivity index is 1.07. The van der Waals surface area contributed by atoms with E-state index in [9.17, 15) is 0 Å². The first-order valence-corrected chi connectivity index (χ1v) is 20.7. The van der Waals surface area contributed by atoms with Crippen LogP contribution in [0.2, 0.25) is 0 Å². The summed E-state index contributed by atoms with van der Waals surface area (Å²) in [7, 11) is 0. The molecule has 58 heavy (non-hydrogen) atoms. The van der Waals surface area contributed by atoms with Crippen molar-refractivity contribution in [1.82, 2.24) is 9.97 Å². The first-order chi connectivity index (χ1) is 28.7. The van der Waals surface area contributed by atoms with E-state index in [-0.39, 0.29) is 0 Å². The molecular weight excluding hydrogens is 725 g/mol. The molecule has 3 aliphatic carbocycles. The van der Waals surface area contributed by atoms with Crippen molar-refractivity contribution in [3.63, 3.8) is 0 Å². The van der Waals surface area contributed by atoms with Gasteiger partial charge in [-0.05, 0) is 115 Å². The number of furan rings is 1. The molecule has 0 radical (unpaired) electrons. The average Bonchev–Trinajstić information content (AvgIpc) is 3.98. The minimum atomic E-state index is -0.645. The molecule has 2 spiro atoms. The Kier molecular flexibility index (Phi) is 5.84. The van der Waals surface area contributed by atoms with Crippen LogP contribution in [0.25, 0.3) is 66.7 Å². The molecule has 1 atom stereocenters. The third-order valence-electron chi connectivity index (χ3n) is 13.5. The SMILES string of the molecule is c1ccc2c(c1)Sc1cc3c(cc1C21c2cccnc2-c2ncc(-c4ccc5c(c4)oc4ccccc45)cc21)-c1ccccc1C31c2ccccc2-c2ccccc21. The molecule has 0 bridgehead atoms. The Morgan fingerprint density at radius 3 is 1.79 bits per heavy atom. The van der Waals surface area contributed by atoms with Gasteiger partial charge in [0.1, 0.15) is 11.2 Å². The lowest BCUT2D eigenvalue weighted by Gasteiger charge is -2.40. The number of rotatable bonds is 1. The van der Waals surface area contributed by atoms with E-state index in [1.807, 2.05) is 36.3 Å². The Morgan fingerprint density at radius 2 is 1.00 bits per heavy atom. The van der Waals surface area contributed by atoms with Crippen molar-refractivity contribution in [1.29, 1.82) is 0 Å². The molecule has 4 heteroatoms. The van der Waals surface area contributed by atoms with Crippen LogP contribution < -0.4 is 0 Å². The fourth-order valence-corrected chi connectivity index (χ4v) is 12.5. The minimum absolute atomic E-state index is 0.421. The van der Waals surface area contributed by atoms with Crippen molar-refractivity contribution in [2.24, 2.45) is 0 Å². The van der Waals surface area contributed by atoms with Gasteiger partial charge in [-0.2, -0.15) is 0 Å². The topological polar surface area (TPSA) is 38.9 Å². The van der Waals surface area contributed by atoms with E-state index in [2.05, 4.69) is 158 Å². The summed E-state index contributed by atoms with van der Waals surface area (Å²) in [5, 5.41) is 2.25. The lowest BCUT2D eigenvalue weighted by Crippen LogP contribution is -2.33. The van der Waals surface area contributed by atoms with E-state index in [0.717, 1.165) is 50.0 Å². The van der Waals surface area contributed by atoms with Crippen molar-refractivity contribution in [3.05, 3.63) is 227 Å². The summed E-state index contributed by atoms with van der Waals surface area (Å²) in [5.74, 6) is 0. The third kappa shape index (κ3) is 3.60. The molecule has 0 amide bonds. The fraction of sp³-hybridized carbons (Fsp3) is 0.0370. The van der Waals surface area contributed by atoms with Crippen LogP contribution in [-0.2, 0) is 10.8 Å². The lowest BCUT2D eigenvalue weighted by atomic mass is 9.66. The quantitative estimate of drug-likeness (QED) is 0.167. The standard InChI is InChI=1S/C54H30N2OS/c1-5-16-39-33(12-1)34-13-2-6-17-40(34)53(39)41-18-7-3-14-35(41)38-28-45-50(29-44(38)53)58-49-22-10-8-19-42(49)54(45)43-20-11-25-55-51(43)52-46(54)26-32(30-56-52)31-23-24-37-36-15-4-9-21-47(36)57-48(37)27-31/h1-30H. The zero-order valence-electron chi connectivity index (χ0n) is 31.0. The van der Waals surface area contributed by atoms with Crippen LogP contribution in [0.1, 0.15) is 44.5 Å². The van der Waals surface area contributed by atoms with Gasteiger partial charge in [-0.25, -0.2) is 0 Å². The first-order valence-electron chi connectivity index (χ1n) is 19.9. The number of hydrogen-bond donors (Lipinski definition) is 0. The highest BCUT2D eigenvalue weighted by Gasteiger charge is 2.55. The maximum absolute atomic E-state index is 6.38. The van der Waals surface area contributed by atoms with Gasteiger partial charge in [0.05, 0.1) is 22.2 Å². The molecule has 0 saturated heterocycles. The summed E-state index contributed by atoms with van der Waals surface area (Å²) in [6.45, 7) is 0. The van der Waals surface area contributed by atoms with Crippen LogP contribution in [0.5, 0.6) is 0 Å². The second kappa shape index (κ2) is 10.9. The second-order valence-electron chi connectivity index (χ2n) is 16.0. The molecule has 1 aliphatic heterocycles. The Hall–Kier alpha value is -7.01. The number of benzene rings is 7. The smallest absolute Gasteiger partial charge is 0.136 e. The zero-order chi connectivity index (χ0) is 37.7. The van der Waals surface area contributed by atoms with E-state index in [1.54, 1.807) is 0 Å². The lowest BCUT2D eigenvalue weighted by molar-refractivity contribution is 0.669. The maximum Gasteiger partial charge on any atom is 0.136 e. The van der Waals surface area contributed by atoms with E-state index in [0.29, 0.717) is 0 Å². The van der Waals surface area contributed by atoms with E-state index >= 15 is 0 Å². The van der Waals surface area contributed by atoms with Gasteiger partial charge in [0, 0.05) is 44.1 Å². The molecule has 14 rings (SSSR count). The van der Waals surface area contributed by atoms with E-state index in [1.165, 1.54) is 71.0 Å². The largest absolute Gasteiger partial charge is 0.456 e. The summed E-state index contributed by atoms with van der Waals surface area (Å²) in [6, 6.07) is 62.9. The van der Waals surface area contributed by atoms with Gasteiger partial charge in [-0.3, -0.25) is 9.97 Å². The van der Waals surface area contributed by atoms with Gasteiger partial charge >= 0.3 is 0 Å². The molecule has 3 aromatic heterocycles. The first kappa shape index (κ1) is 31.1. The Labute approximate surface area is 338 Å². The number of para-hydroxylation sites is 1. The van der Waals surface area contributed by atoms with Crippen molar-refractivity contribution >= 4 is 33.7 Å². The summed E-state index contributed by atoms with van der Waals surface area (Å²) in [5.41, 5.74) is 20.2. The van der Waals surface area contributed by atoms with E-state index < -0.39 is 10.8 Å². The fourth-order valence-electron chi connectivity index (χ4n) is 11.2. The summed E-state index contributed by atoms with van der Waals surface area (Å²) >= 11 is 1.89. The summed E-state index contributed by atoms with van der Waals surface area (Å²) in [6.07, 6.45) is 3.93. The minimum Gasteiger partial charge on any atom is -0.456 e. The third-order valence-corrected chi connectivity index (χ3v) is 14.6. The van der Waals surface area contributed by atoms with Crippen LogP contribution in [0.15, 0.2) is 196 Å². The average molecular weight is 755 g/mol. The molecule has 3 nitrogen and oxygen atoms in total. The number of aromatic nitrogens is 2. The number of hydrogen-bond acceptors (Lipinski definition) is 4. The van der Waals surface area contributed by atoms with Gasteiger partial charge in [0.15, 0.2) is 0 Å². The van der Waals surface area contributed by atoms with Crippen LogP contribution >= 0.6 is 11.8 Å². The van der Waals surface area contributed by atoms with Crippen molar-refractivity contribution in [2.45, 2.75) is 20.6 Å². The van der Waals surface area contributed by atoms with Crippen molar-refractivity contribution < 1.29 is 4.42 Å². The van der Waals surface area contributed by atoms with Crippen molar-refractivity contribution in [3.8, 4) is 44.8 Å². The monoisotopic (exact) mass is 754 g/mol. The molecule has 0 fully saturated rings. The molecule has 268 valence electrons. The number of nitrogens with zero attached hydrogens (tertiary/aromatic N) is 2. The van der Waals surface area contributed by atoms with Gasteiger partial charge in [0.25, 0.3) is 0 Å². The van der Waals surface area contributed by atoms with Crippen LogP contribution in [0.4, 0.5) is 0 Å². The highest BCUT2D eigenvalue weighted by Crippen LogP contribution is 2.67. The van der Waals surface area contributed by atoms with Gasteiger partial charge in [-0.15, -0.1) is 0 Å². The van der Waals surface area contributed by atoms with Gasteiger partial charge in [0.2, 0.25) is 0 Å². The molecular formula is C54H30N2OS. The molecule has 10 aromatic rings. The van der Waals surface area contributed by atoms with Crippen LogP contribution in [0.3, 0.4) is 0 Å². The van der Waals surface area contributed by atoms with Crippen LogP contribution in [0, 0.1) is 0 Å². The Bertz CT molecular complexity index is 3420. The van der Waals surface area contributed by atoms with Crippen LogP contribution in [-0.4, -0.2) is 9.97 Å². The van der Waals surface area contributed by atoms with Gasteiger partial charge in [-0.1, -0.05) is 133 Å². The molecule has 4 heterocycles. The van der Waals surface area contributed by atoms with Gasteiger partial charge < -0.3 is 4.42 Å². The molecule has 0 saturated carbocycles. The molecule has 0 N–H and O–H groups in total. The van der Waals surface area contributed by atoms with Crippen molar-refractivity contribution in [2.75, 3.05) is 0 Å². The molecule has 1 unspecified atom stereocenters. The molecule has 7 aromatic carbocycles. The number of pyridine rings is 2. The second-order valence-corrected chi connectivity index (χ2v) is 17.0.